The summed E-state index contributed by atoms with van der Waals surface area (Å²) in [6.07, 6.45) is -7.06. The quantitative estimate of drug-likeness (QED) is 0.0700. The van der Waals surface area contributed by atoms with E-state index in [9.17, 15) is 44.4 Å². The minimum atomic E-state index is -1.78. The molecule has 6 atom stereocenters. The van der Waals surface area contributed by atoms with Gasteiger partial charge in [-0.25, -0.2) is 0 Å². The molecule has 0 aliphatic carbocycles. The zero-order chi connectivity index (χ0) is 35.5. The normalized spacial score (nSPS) is 15.4. The number of aliphatic hydroxyl groups excluding tert-OH is 5. The van der Waals surface area contributed by atoms with Crippen molar-refractivity contribution in [2.24, 2.45) is 5.92 Å². The molecular weight excluding hydrogens is 610 g/mol. The van der Waals surface area contributed by atoms with Crippen LogP contribution in [-0.4, -0.2) is 110 Å². The van der Waals surface area contributed by atoms with Gasteiger partial charge in [-0.1, -0.05) is 58.0 Å². The molecule has 1 aromatic rings. The number of hydrogen-bond acceptors (Lipinski definition) is 11. The van der Waals surface area contributed by atoms with E-state index in [2.05, 4.69) is 16.0 Å². The average molecular weight is 666 g/mol. The average Bonchev–Trinajstić information content (AvgIpc) is 3.04. The number of amides is 2. The molecule has 0 spiro atoms. The van der Waals surface area contributed by atoms with E-state index in [1.54, 1.807) is 0 Å². The zero-order valence-electron chi connectivity index (χ0n) is 28.1. The highest BCUT2D eigenvalue weighted by molar-refractivity contribution is 5.93. The van der Waals surface area contributed by atoms with Crippen LogP contribution in [0.25, 0.3) is 0 Å². The number of rotatable bonds is 25. The third-order valence-corrected chi connectivity index (χ3v) is 7.59. The first-order valence-electron chi connectivity index (χ1n) is 16.4. The van der Waals surface area contributed by atoms with E-state index >= 15 is 0 Å². The Morgan fingerprint density at radius 3 is 1.81 bits per heavy atom. The van der Waals surface area contributed by atoms with Gasteiger partial charge in [0, 0.05) is 51.1 Å². The second-order valence-electron chi connectivity index (χ2n) is 12.7. The smallest absolute Gasteiger partial charge is 0.221 e. The lowest BCUT2D eigenvalue weighted by molar-refractivity contribution is -0.130. The van der Waals surface area contributed by atoms with Crippen LogP contribution < -0.4 is 16.0 Å². The lowest BCUT2D eigenvalue weighted by Gasteiger charge is -2.25. The molecule has 1 aromatic carbocycles. The molecule has 2 amide bonds. The number of ketones is 3. The molecule has 0 heterocycles. The Bertz CT molecular complexity index is 1110. The van der Waals surface area contributed by atoms with Crippen LogP contribution in [0.4, 0.5) is 0 Å². The van der Waals surface area contributed by atoms with Gasteiger partial charge in [0.2, 0.25) is 11.8 Å². The topological polar surface area (TPSA) is 223 Å². The molecule has 0 saturated carbocycles. The molecule has 0 bridgehead atoms. The van der Waals surface area contributed by atoms with Gasteiger partial charge < -0.3 is 41.5 Å². The predicted octanol–water partition coefficient (Wildman–Crippen LogP) is 0.117. The van der Waals surface area contributed by atoms with Crippen molar-refractivity contribution in [2.45, 2.75) is 128 Å². The third kappa shape index (κ3) is 17.6. The van der Waals surface area contributed by atoms with E-state index < -0.39 is 49.0 Å². The molecule has 0 aliphatic rings. The maximum atomic E-state index is 13.1. The zero-order valence-corrected chi connectivity index (χ0v) is 28.1. The van der Waals surface area contributed by atoms with E-state index in [0.717, 1.165) is 5.56 Å². The fourth-order valence-corrected chi connectivity index (χ4v) is 4.80. The number of carbonyl (C=O) groups excluding carboxylic acids is 5. The van der Waals surface area contributed by atoms with Crippen molar-refractivity contribution >= 4 is 29.2 Å². The van der Waals surface area contributed by atoms with E-state index in [1.165, 1.54) is 0 Å². The fraction of sp³-hybridized carbons (Fsp3) is 0.676. The molecule has 0 aromatic heterocycles. The van der Waals surface area contributed by atoms with Crippen LogP contribution in [0, 0.1) is 5.92 Å². The van der Waals surface area contributed by atoms with Crippen LogP contribution in [0.15, 0.2) is 30.3 Å². The Hall–Kier alpha value is -3.07. The van der Waals surface area contributed by atoms with E-state index in [1.807, 2.05) is 58.0 Å². The molecule has 0 radical (unpaired) electrons. The summed E-state index contributed by atoms with van der Waals surface area (Å²) in [6, 6.07) is 7.45. The standard InChI is InChI=1S/C34H55N3O10/c1-21(2)19-35-31(44)16-14-28(41)26(18-23-8-6-5-7-9-23)37-32(45)17-15-27(40)25(36-22(3)4)12-10-24(39)11-13-29(42)33(46)34(47)30(43)20-38/h5-9,21-22,25-26,29-30,33-34,36,38,42-43,46-47H,10-20H2,1-4H3,(H,35,44)(H,37,45)/t25-,26-,29-,30+,33+,34+/m0/s1. The molecule has 266 valence electrons. The van der Waals surface area contributed by atoms with Crippen LogP contribution in [0.5, 0.6) is 0 Å². The minimum absolute atomic E-state index is 0.000800. The Balaban J connectivity index is 2.72. The van der Waals surface area contributed by atoms with Gasteiger partial charge in [-0.3, -0.25) is 24.0 Å². The highest BCUT2D eigenvalue weighted by Crippen LogP contribution is 2.14. The van der Waals surface area contributed by atoms with Gasteiger partial charge in [-0.05, 0) is 30.7 Å². The maximum Gasteiger partial charge on any atom is 0.221 e. The Labute approximate surface area is 277 Å². The summed E-state index contributed by atoms with van der Waals surface area (Å²) in [6.45, 7) is 7.29. The van der Waals surface area contributed by atoms with Crippen molar-refractivity contribution in [1.29, 1.82) is 0 Å². The summed E-state index contributed by atoms with van der Waals surface area (Å²) in [7, 11) is 0. The van der Waals surface area contributed by atoms with Crippen molar-refractivity contribution in [3.05, 3.63) is 35.9 Å². The monoisotopic (exact) mass is 665 g/mol. The highest BCUT2D eigenvalue weighted by atomic mass is 16.4. The first kappa shape index (κ1) is 42.0. The Morgan fingerprint density at radius 1 is 0.681 bits per heavy atom. The Kier molecular flexibility index (Phi) is 20.1. The predicted molar refractivity (Wildman–Crippen MR) is 175 cm³/mol. The van der Waals surface area contributed by atoms with Gasteiger partial charge in [-0.15, -0.1) is 0 Å². The lowest BCUT2D eigenvalue weighted by Crippen LogP contribution is -2.46. The summed E-state index contributed by atoms with van der Waals surface area (Å²) in [5, 5.41) is 56.7. The third-order valence-electron chi connectivity index (χ3n) is 7.59. The van der Waals surface area contributed by atoms with Crippen molar-refractivity contribution in [2.75, 3.05) is 13.2 Å². The van der Waals surface area contributed by atoms with Crippen LogP contribution in [0.2, 0.25) is 0 Å². The number of carbonyl (C=O) groups is 5. The van der Waals surface area contributed by atoms with Crippen LogP contribution >= 0.6 is 0 Å². The molecule has 0 fully saturated rings. The molecular formula is C34H55N3O10. The van der Waals surface area contributed by atoms with Crippen molar-refractivity contribution in [1.82, 2.24) is 16.0 Å². The number of nitrogens with one attached hydrogen (secondary N) is 3. The molecule has 13 nitrogen and oxygen atoms in total. The number of benzene rings is 1. The van der Waals surface area contributed by atoms with Gasteiger partial charge in [0.25, 0.3) is 0 Å². The summed E-state index contributed by atoms with van der Waals surface area (Å²) in [4.78, 5) is 63.8. The highest BCUT2D eigenvalue weighted by Gasteiger charge is 2.30. The molecule has 1 rings (SSSR count). The van der Waals surface area contributed by atoms with Gasteiger partial charge in [-0.2, -0.15) is 0 Å². The SMILES string of the molecule is CC(C)CNC(=O)CCC(=O)[C@H](Cc1ccccc1)NC(=O)CCC(=O)[C@H](CCC(=O)CC[C@H](O)[C@@H](O)[C@H](O)[C@H](O)CO)NC(C)C. The van der Waals surface area contributed by atoms with Crippen LogP contribution in [0.1, 0.15) is 84.6 Å². The largest absolute Gasteiger partial charge is 0.394 e. The fourth-order valence-electron chi connectivity index (χ4n) is 4.80. The molecule has 0 saturated heterocycles. The first-order chi connectivity index (χ1) is 22.1. The number of aliphatic hydroxyl groups is 5. The molecule has 0 aliphatic heterocycles. The summed E-state index contributed by atoms with van der Waals surface area (Å²) in [5.74, 6) is -1.33. The minimum Gasteiger partial charge on any atom is -0.394 e. The second-order valence-corrected chi connectivity index (χ2v) is 12.7. The van der Waals surface area contributed by atoms with E-state index in [4.69, 9.17) is 5.11 Å². The van der Waals surface area contributed by atoms with Crippen molar-refractivity contribution < 1.29 is 49.5 Å². The second kappa shape index (κ2) is 22.5. The first-order valence-corrected chi connectivity index (χ1v) is 16.4. The van der Waals surface area contributed by atoms with Crippen molar-refractivity contribution in [3.63, 3.8) is 0 Å². The van der Waals surface area contributed by atoms with Crippen LogP contribution in [-0.2, 0) is 30.4 Å². The van der Waals surface area contributed by atoms with Crippen LogP contribution in [0.3, 0.4) is 0 Å². The van der Waals surface area contributed by atoms with E-state index in [-0.39, 0.29) is 93.0 Å². The maximum absolute atomic E-state index is 13.1. The summed E-state index contributed by atoms with van der Waals surface area (Å²) >= 11 is 0. The van der Waals surface area contributed by atoms with Gasteiger partial charge in [0.1, 0.15) is 29.9 Å². The molecule has 47 heavy (non-hydrogen) atoms. The Morgan fingerprint density at radius 2 is 1.23 bits per heavy atom. The van der Waals surface area contributed by atoms with E-state index in [0.29, 0.717) is 6.54 Å². The number of Topliss-reactive ketones (excluding diaryl/α,β-unsaturated/α-hetero) is 3. The van der Waals surface area contributed by atoms with Crippen molar-refractivity contribution in [3.8, 4) is 0 Å². The summed E-state index contributed by atoms with van der Waals surface area (Å²) in [5.41, 5.74) is 0.832. The van der Waals surface area contributed by atoms with Gasteiger partial charge >= 0.3 is 0 Å². The van der Waals surface area contributed by atoms with Gasteiger partial charge in [0.05, 0.1) is 24.8 Å². The number of hydrogen-bond donors (Lipinski definition) is 8. The van der Waals surface area contributed by atoms with Gasteiger partial charge in [0.15, 0.2) is 5.78 Å². The molecule has 8 N–H and O–H groups in total. The molecule has 0 unspecified atom stereocenters. The summed E-state index contributed by atoms with van der Waals surface area (Å²) < 4.78 is 0. The lowest BCUT2D eigenvalue weighted by atomic mass is 9.96. The molecule has 13 heteroatoms.